The van der Waals surface area contributed by atoms with Crippen LogP contribution in [0, 0.1) is 0 Å². The molecule has 5 nitrogen and oxygen atoms in total. The molecule has 4 rings (SSSR count). The number of rotatable bonds is 4. The fourth-order valence-electron chi connectivity index (χ4n) is 3.69. The van der Waals surface area contributed by atoms with Crippen LogP contribution in [-0.2, 0) is 0 Å². The molecule has 26 heavy (non-hydrogen) atoms. The molecule has 1 N–H and O–H groups in total. The van der Waals surface area contributed by atoms with Crippen molar-refractivity contribution in [1.29, 1.82) is 0 Å². The zero-order valence-corrected chi connectivity index (χ0v) is 15.5. The number of fused-ring (bicyclic) bond motifs is 1. The van der Waals surface area contributed by atoms with Crippen LogP contribution >= 0.6 is 11.3 Å². The van der Waals surface area contributed by atoms with Crippen LogP contribution in [0.4, 0.5) is 0 Å². The van der Waals surface area contributed by atoms with Crippen molar-refractivity contribution in [2.75, 3.05) is 0 Å². The van der Waals surface area contributed by atoms with Crippen molar-refractivity contribution in [3.05, 3.63) is 52.5 Å². The van der Waals surface area contributed by atoms with Gasteiger partial charge in [0.2, 0.25) is 0 Å². The van der Waals surface area contributed by atoms with E-state index >= 15 is 0 Å². The lowest BCUT2D eigenvalue weighted by atomic mass is 9.90. The molecular formula is C20H21N3O2S. The van der Waals surface area contributed by atoms with Crippen LogP contribution in [0.3, 0.4) is 0 Å². The predicted octanol–water partition coefficient (Wildman–Crippen LogP) is 4.17. The minimum absolute atomic E-state index is 0.00174. The number of carbonyl (C=O) groups is 2. The Balaban J connectivity index is 1.37. The molecule has 2 aliphatic heterocycles. The standard InChI is InChI=1S/C20H21N3O2S/c1-13(24)17-8-9-18(26-17)20(25)22-15-4-6-16(7-5-15)23-12-2-3-14-10-11-21-19(14)23/h2-3,8-12,15-16H,4-7H2,1H3,(H,22,25). The van der Waals surface area contributed by atoms with E-state index in [1.807, 2.05) is 12.3 Å². The lowest BCUT2D eigenvalue weighted by Gasteiger charge is -2.31. The van der Waals surface area contributed by atoms with Crippen molar-refractivity contribution in [3.8, 4) is 11.4 Å². The van der Waals surface area contributed by atoms with E-state index in [2.05, 4.69) is 33.2 Å². The van der Waals surface area contributed by atoms with Crippen molar-refractivity contribution in [2.45, 2.75) is 44.7 Å². The molecule has 0 radical (unpaired) electrons. The highest BCUT2D eigenvalue weighted by atomic mass is 32.1. The van der Waals surface area contributed by atoms with Gasteiger partial charge >= 0.3 is 0 Å². The number of carbonyl (C=O) groups excluding carboxylic acids is 2. The van der Waals surface area contributed by atoms with Gasteiger partial charge in [-0.05, 0) is 62.9 Å². The number of nitrogens with zero attached hydrogens (tertiary/aromatic N) is 2. The Bertz CT molecular complexity index is 905. The molecular weight excluding hydrogens is 346 g/mol. The maximum atomic E-state index is 12.4. The van der Waals surface area contributed by atoms with Crippen LogP contribution in [0.2, 0.25) is 0 Å². The summed E-state index contributed by atoms with van der Waals surface area (Å²) in [6.45, 7) is 1.52. The summed E-state index contributed by atoms with van der Waals surface area (Å²) < 4.78 is 2.27. The summed E-state index contributed by atoms with van der Waals surface area (Å²) in [6, 6.07) is 10.3. The first-order valence-electron chi connectivity index (χ1n) is 8.95. The number of ketones is 1. The first kappa shape index (κ1) is 17.0. The normalized spacial score (nSPS) is 20.2. The number of thiophene rings is 1. The van der Waals surface area contributed by atoms with E-state index in [-0.39, 0.29) is 17.7 Å². The quantitative estimate of drug-likeness (QED) is 0.704. The van der Waals surface area contributed by atoms with E-state index < -0.39 is 0 Å². The highest BCUT2D eigenvalue weighted by Gasteiger charge is 2.25. The second-order valence-corrected chi connectivity index (χ2v) is 7.92. The Morgan fingerprint density at radius 2 is 1.88 bits per heavy atom. The third-order valence-electron chi connectivity index (χ3n) is 5.08. The van der Waals surface area contributed by atoms with Crippen molar-refractivity contribution in [2.24, 2.45) is 0 Å². The molecule has 1 aromatic heterocycles. The van der Waals surface area contributed by atoms with Gasteiger partial charge in [0.1, 0.15) is 5.82 Å². The van der Waals surface area contributed by atoms with Gasteiger partial charge < -0.3 is 9.88 Å². The van der Waals surface area contributed by atoms with E-state index in [0.29, 0.717) is 15.8 Å². The van der Waals surface area contributed by atoms with Gasteiger partial charge in [0.25, 0.3) is 5.91 Å². The van der Waals surface area contributed by atoms with Gasteiger partial charge in [-0.3, -0.25) is 9.59 Å². The molecule has 1 amide bonds. The Kier molecular flexibility index (Phi) is 4.59. The van der Waals surface area contributed by atoms with Crippen molar-refractivity contribution in [3.63, 3.8) is 0 Å². The first-order chi connectivity index (χ1) is 12.6. The van der Waals surface area contributed by atoms with Gasteiger partial charge in [-0.1, -0.05) is 0 Å². The zero-order valence-electron chi connectivity index (χ0n) is 14.6. The summed E-state index contributed by atoms with van der Waals surface area (Å²) in [5.41, 5.74) is 1.17. The van der Waals surface area contributed by atoms with Gasteiger partial charge in [0.05, 0.1) is 9.75 Å². The Morgan fingerprint density at radius 1 is 1.12 bits per heavy atom. The third-order valence-corrected chi connectivity index (χ3v) is 6.26. The molecule has 0 aromatic carbocycles. The van der Waals surface area contributed by atoms with Gasteiger partial charge in [-0.2, -0.15) is 0 Å². The monoisotopic (exact) mass is 367 g/mol. The molecule has 0 saturated heterocycles. The van der Waals surface area contributed by atoms with E-state index in [4.69, 9.17) is 0 Å². The fraction of sp³-hybridized carbons (Fsp3) is 0.350. The lowest BCUT2D eigenvalue weighted by molar-refractivity contribution is 0.0926. The van der Waals surface area contributed by atoms with Gasteiger partial charge in [-0.25, -0.2) is 4.98 Å². The van der Waals surface area contributed by atoms with Gasteiger partial charge in [0, 0.05) is 30.0 Å². The largest absolute Gasteiger partial charge is 0.349 e. The molecule has 0 bridgehead atoms. The molecule has 1 saturated carbocycles. The van der Waals surface area contributed by atoms with E-state index in [1.54, 1.807) is 12.1 Å². The maximum Gasteiger partial charge on any atom is 0.261 e. The summed E-state index contributed by atoms with van der Waals surface area (Å²) in [5.74, 6) is 0.968. The Labute approximate surface area is 156 Å². The van der Waals surface area contributed by atoms with Crippen LogP contribution in [0.25, 0.3) is 11.4 Å². The first-order valence-corrected chi connectivity index (χ1v) is 9.76. The highest BCUT2D eigenvalue weighted by molar-refractivity contribution is 7.15. The molecule has 0 spiro atoms. The predicted molar refractivity (Wildman–Crippen MR) is 102 cm³/mol. The Hall–Kier alpha value is -2.47. The van der Waals surface area contributed by atoms with E-state index in [9.17, 15) is 9.59 Å². The molecule has 3 heterocycles. The van der Waals surface area contributed by atoms with Crippen LogP contribution < -0.4 is 5.32 Å². The van der Waals surface area contributed by atoms with E-state index in [1.165, 1.54) is 23.8 Å². The topological polar surface area (TPSA) is 64.0 Å². The average molecular weight is 367 g/mol. The number of amides is 1. The molecule has 0 unspecified atom stereocenters. The minimum Gasteiger partial charge on any atom is -0.349 e. The van der Waals surface area contributed by atoms with Gasteiger partial charge in [-0.15, -0.1) is 11.3 Å². The molecule has 6 heteroatoms. The highest BCUT2D eigenvalue weighted by Crippen LogP contribution is 2.33. The zero-order chi connectivity index (χ0) is 18.1. The lowest BCUT2D eigenvalue weighted by Crippen LogP contribution is -2.37. The van der Waals surface area contributed by atoms with Crippen LogP contribution in [0.15, 0.2) is 42.7 Å². The summed E-state index contributed by atoms with van der Waals surface area (Å²) in [4.78, 5) is 29.5. The third kappa shape index (κ3) is 3.29. The SMILES string of the molecule is CC(=O)c1ccc(C(=O)NC2CCC(n3cccc4ccnc3-4)CC2)s1. The number of nitrogens with one attached hydrogen (secondary N) is 1. The smallest absolute Gasteiger partial charge is 0.261 e. The van der Waals surface area contributed by atoms with Crippen LogP contribution in [0.5, 0.6) is 0 Å². The summed E-state index contributed by atoms with van der Waals surface area (Å²) in [6.07, 6.45) is 7.89. The van der Waals surface area contributed by atoms with Crippen molar-refractivity contribution < 1.29 is 9.59 Å². The molecule has 1 aliphatic carbocycles. The summed E-state index contributed by atoms with van der Waals surface area (Å²) in [7, 11) is 0. The second-order valence-electron chi connectivity index (χ2n) is 6.84. The molecule has 134 valence electrons. The molecule has 3 aliphatic rings. The minimum atomic E-state index is -0.0709. The van der Waals surface area contributed by atoms with Crippen LogP contribution in [0.1, 0.15) is 58.0 Å². The van der Waals surface area contributed by atoms with Gasteiger partial charge in [0.15, 0.2) is 5.78 Å². The van der Waals surface area contributed by atoms with Crippen molar-refractivity contribution >= 4 is 23.0 Å². The van der Waals surface area contributed by atoms with Crippen molar-refractivity contribution in [1.82, 2.24) is 14.9 Å². The number of aromatic nitrogens is 2. The average Bonchev–Trinajstić information content (AvgIpc) is 3.31. The number of hydrogen-bond donors (Lipinski definition) is 1. The molecule has 1 fully saturated rings. The maximum absolute atomic E-state index is 12.4. The summed E-state index contributed by atoms with van der Waals surface area (Å²) >= 11 is 1.26. The number of Topliss-reactive ketones (excluding diaryl/α,β-unsaturated/α-hetero) is 1. The molecule has 1 aromatic rings. The number of pyridine rings is 1. The van der Waals surface area contributed by atoms with Crippen LogP contribution in [-0.4, -0.2) is 27.3 Å². The second kappa shape index (κ2) is 7.03. The Morgan fingerprint density at radius 3 is 2.62 bits per heavy atom. The molecule has 0 atom stereocenters. The summed E-state index contributed by atoms with van der Waals surface area (Å²) in [5, 5.41) is 3.13. The van der Waals surface area contributed by atoms with E-state index in [0.717, 1.165) is 31.5 Å². The fourth-order valence-corrected chi connectivity index (χ4v) is 4.50. The number of hydrogen-bond acceptors (Lipinski definition) is 4.